The predicted molar refractivity (Wildman–Crippen MR) is 75.7 cm³/mol. The van der Waals surface area contributed by atoms with Gasteiger partial charge < -0.3 is 4.74 Å². The number of methoxy groups -OCH3 is 1. The predicted octanol–water partition coefficient (Wildman–Crippen LogP) is 2.37. The molecule has 4 nitrogen and oxygen atoms in total. The maximum atomic E-state index is 13.9. The molecule has 0 N–H and O–H groups in total. The summed E-state index contributed by atoms with van der Waals surface area (Å²) < 4.78 is 43.0. The van der Waals surface area contributed by atoms with Gasteiger partial charge in [-0.25, -0.2) is 12.8 Å². The summed E-state index contributed by atoms with van der Waals surface area (Å²) in [6.45, 7) is 0. The summed E-state index contributed by atoms with van der Waals surface area (Å²) in [5, 5.41) is -0.863. The molecular weight excluding hydrogens is 295 g/mol. The highest BCUT2D eigenvalue weighted by atomic mass is 32.2. The molecule has 2 fully saturated rings. The molecule has 2 atom stereocenters. The lowest BCUT2D eigenvalue weighted by atomic mass is 9.90. The number of sulfone groups is 1. The largest absolute Gasteiger partial charge is 0.497 e. The number of ether oxygens (including phenoxy) is 1. The first-order valence-electron chi connectivity index (χ1n) is 7.04. The minimum absolute atomic E-state index is 0.00181. The van der Waals surface area contributed by atoms with E-state index in [2.05, 4.69) is 0 Å². The topological polar surface area (TPSA) is 60.4 Å². The molecule has 0 radical (unpaired) electrons. The molecule has 21 heavy (non-hydrogen) atoms. The molecule has 1 aromatic carbocycles. The molecule has 114 valence electrons. The third kappa shape index (κ3) is 2.35. The number of halogens is 1. The molecule has 0 amide bonds. The van der Waals surface area contributed by atoms with Crippen molar-refractivity contribution in [3.63, 3.8) is 0 Å². The quantitative estimate of drug-likeness (QED) is 0.804. The van der Waals surface area contributed by atoms with Crippen LogP contribution in [-0.2, 0) is 9.84 Å². The minimum atomic E-state index is -3.07. The fourth-order valence-electron chi connectivity index (χ4n) is 3.46. The fourth-order valence-corrected chi connectivity index (χ4v) is 5.94. The lowest BCUT2D eigenvalue weighted by Gasteiger charge is -2.27. The first-order valence-corrected chi connectivity index (χ1v) is 8.65. The van der Waals surface area contributed by atoms with Crippen LogP contribution in [0.3, 0.4) is 0 Å². The Morgan fingerprint density at radius 2 is 1.86 bits per heavy atom. The van der Waals surface area contributed by atoms with Crippen LogP contribution in [0.15, 0.2) is 18.2 Å². The Hall–Kier alpha value is -1.43. The Bertz CT molecular complexity index is 663. The van der Waals surface area contributed by atoms with Gasteiger partial charge in [0.05, 0.1) is 23.2 Å². The summed E-state index contributed by atoms with van der Waals surface area (Å²) >= 11 is 0. The lowest BCUT2D eigenvalue weighted by Crippen LogP contribution is -2.36. The molecule has 0 aromatic heterocycles. The van der Waals surface area contributed by atoms with Gasteiger partial charge in [0.2, 0.25) is 0 Å². The number of carbonyl (C=O) groups is 1. The second-order valence-electron chi connectivity index (χ2n) is 5.79. The third-order valence-corrected chi connectivity index (χ3v) is 7.36. The summed E-state index contributed by atoms with van der Waals surface area (Å²) in [7, 11) is -1.62. The second kappa shape index (κ2) is 5.09. The minimum Gasteiger partial charge on any atom is -0.497 e. The molecule has 2 heterocycles. The third-order valence-electron chi connectivity index (χ3n) is 4.64. The molecule has 0 saturated carbocycles. The zero-order valence-electron chi connectivity index (χ0n) is 11.7. The van der Waals surface area contributed by atoms with E-state index in [9.17, 15) is 17.6 Å². The number of benzene rings is 1. The number of rotatable bonds is 3. The highest BCUT2D eigenvalue weighted by molar-refractivity contribution is 7.93. The van der Waals surface area contributed by atoms with Crippen LogP contribution in [0.5, 0.6) is 5.75 Å². The van der Waals surface area contributed by atoms with E-state index in [0.29, 0.717) is 31.4 Å². The van der Waals surface area contributed by atoms with Gasteiger partial charge in [0.15, 0.2) is 15.6 Å². The molecule has 0 spiro atoms. The Morgan fingerprint density at radius 3 is 2.43 bits per heavy atom. The molecule has 3 rings (SSSR count). The number of Topliss-reactive ketones (excluding diaryl/α,β-unsaturated/α-hetero) is 1. The van der Waals surface area contributed by atoms with Gasteiger partial charge in [0.25, 0.3) is 0 Å². The van der Waals surface area contributed by atoms with Crippen molar-refractivity contribution in [1.29, 1.82) is 0 Å². The Labute approximate surface area is 123 Å². The number of ketones is 1. The fraction of sp³-hybridized carbons (Fsp3) is 0.533. The summed E-state index contributed by atoms with van der Waals surface area (Å²) in [4.78, 5) is 12.5. The van der Waals surface area contributed by atoms with Gasteiger partial charge in [-0.15, -0.1) is 0 Å². The Morgan fingerprint density at radius 1 is 1.24 bits per heavy atom. The molecular formula is C15H17FO4S. The molecule has 2 bridgehead atoms. The number of hydrogen-bond donors (Lipinski definition) is 0. The molecule has 2 aliphatic rings. The number of hydrogen-bond acceptors (Lipinski definition) is 4. The van der Waals surface area contributed by atoms with Crippen molar-refractivity contribution in [3.05, 3.63) is 29.6 Å². The van der Waals surface area contributed by atoms with Crippen molar-refractivity contribution in [2.24, 2.45) is 5.92 Å². The van der Waals surface area contributed by atoms with E-state index in [1.54, 1.807) is 0 Å². The Balaban J connectivity index is 1.87. The van der Waals surface area contributed by atoms with Crippen molar-refractivity contribution in [2.75, 3.05) is 7.11 Å². The van der Waals surface area contributed by atoms with Crippen LogP contribution in [0.2, 0.25) is 0 Å². The maximum absolute atomic E-state index is 13.9. The zero-order valence-corrected chi connectivity index (χ0v) is 12.5. The van der Waals surface area contributed by atoms with Crippen LogP contribution in [-0.4, -0.2) is 31.8 Å². The van der Waals surface area contributed by atoms with Gasteiger partial charge in [-0.3, -0.25) is 4.79 Å². The molecule has 2 unspecified atom stereocenters. The summed E-state index contributed by atoms with van der Waals surface area (Å²) in [5.74, 6) is -0.876. The zero-order chi connectivity index (χ0) is 15.2. The van der Waals surface area contributed by atoms with Gasteiger partial charge in [-0.1, -0.05) is 0 Å². The van der Waals surface area contributed by atoms with Gasteiger partial charge >= 0.3 is 0 Å². The first kappa shape index (κ1) is 14.5. The van der Waals surface area contributed by atoms with Crippen LogP contribution in [0.1, 0.15) is 36.0 Å². The standard InChI is InChI=1S/C15H17FO4S/c1-20-10-2-5-14(16)13(8-10)15(17)9-6-11-3-4-12(7-9)21(11,18)19/h2,5,8-9,11-12H,3-4,6-7H2,1H3. The lowest BCUT2D eigenvalue weighted by molar-refractivity contribution is 0.0901. The number of fused-ring (bicyclic) bond motifs is 2. The summed E-state index contributed by atoms with van der Waals surface area (Å²) in [5.41, 5.74) is -0.00181. The molecule has 0 aliphatic carbocycles. The van der Waals surface area contributed by atoms with E-state index in [1.807, 2.05) is 0 Å². The molecule has 2 aliphatic heterocycles. The van der Waals surface area contributed by atoms with Gasteiger partial charge in [0, 0.05) is 5.92 Å². The van der Waals surface area contributed by atoms with Crippen LogP contribution in [0.4, 0.5) is 4.39 Å². The van der Waals surface area contributed by atoms with E-state index in [4.69, 9.17) is 4.74 Å². The first-order chi connectivity index (χ1) is 9.93. The summed E-state index contributed by atoms with van der Waals surface area (Å²) in [6.07, 6.45) is 1.87. The van der Waals surface area contributed by atoms with Crippen molar-refractivity contribution in [1.82, 2.24) is 0 Å². The van der Waals surface area contributed by atoms with Crippen molar-refractivity contribution in [2.45, 2.75) is 36.2 Å². The SMILES string of the molecule is COc1ccc(F)c(C(=O)C2CC3CCC(C2)S3(=O)=O)c1. The van der Waals surface area contributed by atoms with Crippen LogP contribution in [0, 0.1) is 11.7 Å². The normalized spacial score (nSPS) is 30.1. The van der Waals surface area contributed by atoms with Gasteiger partial charge in [0.1, 0.15) is 11.6 Å². The van der Waals surface area contributed by atoms with E-state index >= 15 is 0 Å². The second-order valence-corrected chi connectivity index (χ2v) is 8.30. The maximum Gasteiger partial charge on any atom is 0.169 e. The van der Waals surface area contributed by atoms with Crippen molar-refractivity contribution >= 4 is 15.6 Å². The van der Waals surface area contributed by atoms with Gasteiger partial charge in [-0.05, 0) is 43.9 Å². The highest BCUT2D eigenvalue weighted by Gasteiger charge is 2.48. The van der Waals surface area contributed by atoms with E-state index in [-0.39, 0.29) is 11.3 Å². The summed E-state index contributed by atoms with van der Waals surface area (Å²) in [6, 6.07) is 4.06. The van der Waals surface area contributed by atoms with Crippen molar-refractivity contribution < 1.29 is 22.3 Å². The van der Waals surface area contributed by atoms with Crippen molar-refractivity contribution in [3.8, 4) is 5.75 Å². The van der Waals surface area contributed by atoms with Gasteiger partial charge in [-0.2, -0.15) is 0 Å². The van der Waals surface area contributed by atoms with Crippen LogP contribution < -0.4 is 4.74 Å². The monoisotopic (exact) mass is 312 g/mol. The number of carbonyl (C=O) groups excluding carboxylic acids is 1. The van der Waals surface area contributed by atoms with Crippen LogP contribution >= 0.6 is 0 Å². The van der Waals surface area contributed by atoms with E-state index in [1.165, 1.54) is 25.3 Å². The van der Waals surface area contributed by atoms with E-state index in [0.717, 1.165) is 0 Å². The Kier molecular flexibility index (Phi) is 3.51. The molecule has 6 heteroatoms. The molecule has 2 saturated heterocycles. The van der Waals surface area contributed by atoms with Crippen LogP contribution in [0.25, 0.3) is 0 Å². The average molecular weight is 312 g/mol. The average Bonchev–Trinajstić information content (AvgIpc) is 2.67. The smallest absolute Gasteiger partial charge is 0.169 e. The molecule has 1 aromatic rings. The van der Waals surface area contributed by atoms with E-state index < -0.39 is 32.1 Å². The highest BCUT2D eigenvalue weighted by Crippen LogP contribution is 2.42.